The highest BCUT2D eigenvalue weighted by molar-refractivity contribution is 9.10. The average Bonchev–Trinajstić information content (AvgIpc) is 2.97. The summed E-state index contributed by atoms with van der Waals surface area (Å²) in [6, 6.07) is 11.5. The van der Waals surface area contributed by atoms with Gasteiger partial charge in [-0.1, -0.05) is 17.8 Å². The van der Waals surface area contributed by atoms with E-state index in [2.05, 4.69) is 31.4 Å². The SMILES string of the molecule is Cc1ccc(NC(=O)CSc2nnc(-c3ccc(F)cc3)n2N)c(Br)c1. The molecule has 6 nitrogen and oxygen atoms in total. The number of aryl methyl sites for hydroxylation is 1. The van der Waals surface area contributed by atoms with E-state index in [0.717, 1.165) is 21.8 Å². The van der Waals surface area contributed by atoms with E-state index in [1.54, 1.807) is 12.1 Å². The van der Waals surface area contributed by atoms with Gasteiger partial charge in [0.1, 0.15) is 5.82 Å². The molecule has 0 aliphatic carbocycles. The first-order valence-corrected chi connectivity index (χ1v) is 9.37. The van der Waals surface area contributed by atoms with Gasteiger partial charge in [0.05, 0.1) is 11.4 Å². The molecule has 0 atom stereocenters. The van der Waals surface area contributed by atoms with Crippen molar-refractivity contribution in [1.82, 2.24) is 14.9 Å². The van der Waals surface area contributed by atoms with Crippen LogP contribution in [0.4, 0.5) is 10.1 Å². The van der Waals surface area contributed by atoms with Gasteiger partial charge in [-0.2, -0.15) is 0 Å². The second-order valence-corrected chi connectivity index (χ2v) is 7.30. The molecule has 0 fully saturated rings. The molecule has 0 unspecified atom stereocenters. The lowest BCUT2D eigenvalue weighted by molar-refractivity contribution is -0.113. The molecule has 3 N–H and O–H groups in total. The number of carbonyl (C=O) groups is 1. The van der Waals surface area contributed by atoms with Crippen molar-refractivity contribution in [1.29, 1.82) is 0 Å². The Labute approximate surface area is 162 Å². The van der Waals surface area contributed by atoms with E-state index in [1.807, 2.05) is 25.1 Å². The molecule has 0 saturated carbocycles. The van der Waals surface area contributed by atoms with Crippen LogP contribution in [0.1, 0.15) is 5.56 Å². The molecule has 0 radical (unpaired) electrons. The lowest BCUT2D eigenvalue weighted by Gasteiger charge is -2.08. The summed E-state index contributed by atoms with van der Waals surface area (Å²) in [5.41, 5.74) is 2.43. The Balaban J connectivity index is 1.64. The maximum Gasteiger partial charge on any atom is 0.234 e. The second-order valence-electron chi connectivity index (χ2n) is 5.50. The van der Waals surface area contributed by atoms with Gasteiger partial charge in [-0.05, 0) is 64.8 Å². The molecular formula is C17H15BrFN5OS. The van der Waals surface area contributed by atoms with Crippen molar-refractivity contribution in [3.63, 3.8) is 0 Å². The second kappa shape index (κ2) is 7.88. The van der Waals surface area contributed by atoms with Crippen molar-refractivity contribution in [3.8, 4) is 11.4 Å². The van der Waals surface area contributed by atoms with Crippen LogP contribution >= 0.6 is 27.7 Å². The third kappa shape index (κ3) is 4.23. The number of nitrogens with one attached hydrogen (secondary N) is 1. The zero-order valence-corrected chi connectivity index (χ0v) is 16.1. The van der Waals surface area contributed by atoms with Crippen LogP contribution in [0, 0.1) is 12.7 Å². The van der Waals surface area contributed by atoms with Crippen LogP contribution in [-0.4, -0.2) is 26.5 Å². The molecule has 0 aliphatic heterocycles. The average molecular weight is 436 g/mol. The highest BCUT2D eigenvalue weighted by Crippen LogP contribution is 2.25. The fraction of sp³-hybridized carbons (Fsp3) is 0.118. The quantitative estimate of drug-likeness (QED) is 0.472. The number of nitrogens with two attached hydrogens (primary N) is 1. The predicted molar refractivity (Wildman–Crippen MR) is 104 cm³/mol. The zero-order chi connectivity index (χ0) is 18.7. The van der Waals surface area contributed by atoms with Crippen molar-refractivity contribution in [3.05, 3.63) is 58.3 Å². The zero-order valence-electron chi connectivity index (χ0n) is 13.7. The van der Waals surface area contributed by atoms with Gasteiger partial charge in [-0.25, -0.2) is 9.07 Å². The number of thioether (sulfide) groups is 1. The van der Waals surface area contributed by atoms with Crippen molar-refractivity contribution in [2.75, 3.05) is 16.9 Å². The normalized spacial score (nSPS) is 10.7. The lowest BCUT2D eigenvalue weighted by Crippen LogP contribution is -2.16. The minimum atomic E-state index is -0.342. The van der Waals surface area contributed by atoms with Crippen LogP contribution in [0.2, 0.25) is 0 Å². The van der Waals surface area contributed by atoms with E-state index in [-0.39, 0.29) is 17.5 Å². The van der Waals surface area contributed by atoms with Crippen LogP contribution in [0.15, 0.2) is 52.1 Å². The highest BCUT2D eigenvalue weighted by atomic mass is 79.9. The van der Waals surface area contributed by atoms with Gasteiger partial charge in [0.25, 0.3) is 0 Å². The highest BCUT2D eigenvalue weighted by Gasteiger charge is 2.14. The number of anilines is 1. The summed E-state index contributed by atoms with van der Waals surface area (Å²) in [6.45, 7) is 1.97. The van der Waals surface area contributed by atoms with Crippen LogP contribution in [-0.2, 0) is 4.79 Å². The van der Waals surface area contributed by atoms with E-state index >= 15 is 0 Å². The molecule has 134 valence electrons. The molecule has 9 heteroatoms. The summed E-state index contributed by atoms with van der Waals surface area (Å²) in [7, 11) is 0. The maximum absolute atomic E-state index is 13.0. The number of benzene rings is 2. The number of nitrogens with zero attached hydrogens (tertiary/aromatic N) is 3. The van der Waals surface area contributed by atoms with Gasteiger partial charge in [0.15, 0.2) is 5.82 Å². The number of rotatable bonds is 5. The van der Waals surface area contributed by atoms with Gasteiger partial charge in [0, 0.05) is 10.0 Å². The minimum Gasteiger partial charge on any atom is -0.335 e. The number of halogens is 2. The van der Waals surface area contributed by atoms with Crippen LogP contribution < -0.4 is 11.2 Å². The van der Waals surface area contributed by atoms with Crippen molar-refractivity contribution >= 4 is 39.3 Å². The Morgan fingerprint density at radius 3 is 2.69 bits per heavy atom. The molecule has 0 aliphatic rings. The Kier molecular flexibility index (Phi) is 5.58. The summed E-state index contributed by atoms with van der Waals surface area (Å²) in [6.07, 6.45) is 0. The molecule has 0 bridgehead atoms. The molecule has 2 aromatic carbocycles. The molecular weight excluding hydrogens is 421 g/mol. The summed E-state index contributed by atoms with van der Waals surface area (Å²) in [5, 5.41) is 11.2. The summed E-state index contributed by atoms with van der Waals surface area (Å²) >= 11 is 4.59. The van der Waals surface area contributed by atoms with Gasteiger partial charge in [-0.3, -0.25) is 4.79 Å². The number of amides is 1. The van der Waals surface area contributed by atoms with E-state index in [1.165, 1.54) is 16.8 Å². The van der Waals surface area contributed by atoms with E-state index < -0.39 is 0 Å². The third-order valence-corrected chi connectivity index (χ3v) is 5.10. The van der Waals surface area contributed by atoms with Gasteiger partial charge in [-0.15, -0.1) is 10.2 Å². The Morgan fingerprint density at radius 1 is 1.27 bits per heavy atom. The van der Waals surface area contributed by atoms with Gasteiger partial charge < -0.3 is 11.2 Å². The molecule has 1 amide bonds. The molecule has 3 rings (SSSR count). The largest absolute Gasteiger partial charge is 0.335 e. The number of nitrogen functional groups attached to an aromatic ring is 1. The van der Waals surface area contributed by atoms with Crippen molar-refractivity contribution in [2.24, 2.45) is 0 Å². The Bertz CT molecular complexity index is 945. The van der Waals surface area contributed by atoms with Crippen LogP contribution in [0.5, 0.6) is 0 Å². The number of hydrogen-bond acceptors (Lipinski definition) is 5. The standard InChI is InChI=1S/C17H15BrFN5OS/c1-10-2-7-14(13(18)8-10)21-15(25)9-26-17-23-22-16(24(17)20)11-3-5-12(19)6-4-11/h2-8H,9,20H2,1H3,(H,21,25). The third-order valence-electron chi connectivity index (χ3n) is 3.50. The number of carbonyl (C=O) groups excluding carboxylic acids is 1. The van der Waals surface area contributed by atoms with E-state index in [4.69, 9.17) is 5.84 Å². The fourth-order valence-electron chi connectivity index (χ4n) is 2.21. The molecule has 1 heterocycles. The maximum atomic E-state index is 13.0. The minimum absolute atomic E-state index is 0.124. The fourth-order valence-corrected chi connectivity index (χ4v) is 3.46. The molecule has 1 aromatic heterocycles. The van der Waals surface area contributed by atoms with Crippen LogP contribution in [0.3, 0.4) is 0 Å². The topological polar surface area (TPSA) is 85.8 Å². The Morgan fingerprint density at radius 2 is 2.00 bits per heavy atom. The molecule has 3 aromatic rings. The lowest BCUT2D eigenvalue weighted by atomic mass is 10.2. The van der Waals surface area contributed by atoms with Gasteiger partial charge >= 0.3 is 0 Å². The number of hydrogen-bond donors (Lipinski definition) is 2. The molecule has 26 heavy (non-hydrogen) atoms. The first-order chi connectivity index (χ1) is 12.4. The first-order valence-electron chi connectivity index (χ1n) is 7.59. The van der Waals surface area contributed by atoms with Crippen molar-refractivity contribution < 1.29 is 9.18 Å². The first kappa shape index (κ1) is 18.4. The molecule has 0 spiro atoms. The van der Waals surface area contributed by atoms with Crippen molar-refractivity contribution in [2.45, 2.75) is 12.1 Å². The summed E-state index contributed by atoms with van der Waals surface area (Å²) in [5.74, 6) is 5.98. The van der Waals surface area contributed by atoms with E-state index in [0.29, 0.717) is 22.2 Å². The van der Waals surface area contributed by atoms with Gasteiger partial charge in [0.2, 0.25) is 11.1 Å². The van der Waals surface area contributed by atoms with E-state index in [9.17, 15) is 9.18 Å². The number of aromatic nitrogens is 3. The van der Waals surface area contributed by atoms with Crippen LogP contribution in [0.25, 0.3) is 11.4 Å². The monoisotopic (exact) mass is 435 g/mol. The molecule has 0 saturated heterocycles. The summed E-state index contributed by atoms with van der Waals surface area (Å²) in [4.78, 5) is 12.2. The predicted octanol–water partition coefficient (Wildman–Crippen LogP) is 3.60. The summed E-state index contributed by atoms with van der Waals surface area (Å²) < 4.78 is 15.1. The Hall–Kier alpha value is -2.39. The smallest absolute Gasteiger partial charge is 0.234 e.